The highest BCUT2D eigenvalue weighted by Gasteiger charge is 2.57. The molecule has 8 aromatic rings. The van der Waals surface area contributed by atoms with Crippen LogP contribution in [0.4, 0.5) is 0 Å². The maximum Gasteiger partial charge on any atom is 0.164 e. The van der Waals surface area contributed by atoms with Crippen LogP contribution >= 0.6 is 0 Å². The molecule has 1 aliphatic rings. The van der Waals surface area contributed by atoms with Gasteiger partial charge in [0.05, 0.1) is 11.0 Å². The molecule has 254 valence electrons. The Morgan fingerprint density at radius 3 is 1.42 bits per heavy atom. The molecule has 0 radical (unpaired) electrons. The summed E-state index contributed by atoms with van der Waals surface area (Å²) in [6, 6.07) is 51.6. The third-order valence-corrected chi connectivity index (χ3v) is 12.5. The van der Waals surface area contributed by atoms with Gasteiger partial charge in [-0.15, -0.1) is 0 Å². The number of para-hydroxylation sites is 1. The Balaban J connectivity index is 1.34. The number of aromatic nitrogens is 4. The van der Waals surface area contributed by atoms with E-state index in [1.165, 1.54) is 32.9 Å². The molecule has 2 aromatic heterocycles. The Labute approximate surface area is 305 Å². The van der Waals surface area contributed by atoms with Gasteiger partial charge in [-0.05, 0) is 74.9 Å². The number of benzene rings is 6. The first-order valence-electron chi connectivity index (χ1n) is 18.2. The van der Waals surface area contributed by atoms with Crippen LogP contribution in [0.5, 0.6) is 0 Å². The molecule has 0 saturated heterocycles. The first-order chi connectivity index (χ1) is 25.0. The van der Waals surface area contributed by atoms with Crippen molar-refractivity contribution in [3.8, 4) is 51.0 Å². The first kappa shape index (κ1) is 32.1. The van der Waals surface area contributed by atoms with Crippen molar-refractivity contribution in [2.75, 3.05) is 0 Å². The van der Waals surface area contributed by atoms with Gasteiger partial charge in [-0.2, -0.15) is 0 Å². The lowest BCUT2D eigenvalue weighted by atomic mass is 9.59. The van der Waals surface area contributed by atoms with Crippen LogP contribution in [0.25, 0.3) is 72.8 Å². The van der Waals surface area contributed by atoms with E-state index < -0.39 is 0 Å². The Bertz CT molecular complexity index is 2570. The second-order valence-corrected chi connectivity index (χ2v) is 15.8. The van der Waals surface area contributed by atoms with Gasteiger partial charge in [0.15, 0.2) is 17.5 Å². The van der Waals surface area contributed by atoms with Gasteiger partial charge in [0.1, 0.15) is 0 Å². The van der Waals surface area contributed by atoms with E-state index in [-0.39, 0.29) is 16.2 Å². The summed E-state index contributed by atoms with van der Waals surface area (Å²) in [6.45, 7) is 14.5. The first-order valence-corrected chi connectivity index (χ1v) is 18.2. The molecule has 0 unspecified atom stereocenters. The van der Waals surface area contributed by atoms with E-state index in [9.17, 15) is 0 Å². The second kappa shape index (κ2) is 11.6. The standard InChI is InChI=1S/C48H42N4/c1-46(2)39-29-38-37-24-16-17-25-41(37)52(42(38)30-40(39)47(3,4)48(46,5)6)36-27-34(31-18-10-7-11-19-31)26-35(28-36)45-50-43(32-20-12-8-13-21-32)49-44(51-45)33-22-14-9-15-23-33/h7-30H,1-6H3. The zero-order valence-corrected chi connectivity index (χ0v) is 30.6. The maximum absolute atomic E-state index is 5.15. The lowest BCUT2D eigenvalue weighted by molar-refractivity contribution is 0.125. The van der Waals surface area contributed by atoms with E-state index in [1.54, 1.807) is 0 Å². The second-order valence-electron chi connectivity index (χ2n) is 15.8. The van der Waals surface area contributed by atoms with Gasteiger partial charge in [0.2, 0.25) is 0 Å². The highest BCUT2D eigenvalue weighted by Crippen LogP contribution is 2.62. The molecule has 0 N–H and O–H groups in total. The molecule has 0 fully saturated rings. The number of hydrogen-bond acceptors (Lipinski definition) is 3. The lowest BCUT2D eigenvalue weighted by Gasteiger charge is -2.44. The fraction of sp³-hybridized carbons (Fsp3) is 0.188. The average molecular weight is 675 g/mol. The molecule has 1 aliphatic carbocycles. The SMILES string of the molecule is CC1(C)c2cc3c4ccccc4n(-c4cc(-c5ccccc5)cc(-c5nc(-c6ccccc6)nc(-c6ccccc6)n5)c4)c3cc2C(C)(C)C1(C)C. The van der Waals surface area contributed by atoms with Crippen molar-refractivity contribution in [2.45, 2.75) is 52.4 Å². The maximum atomic E-state index is 5.15. The van der Waals surface area contributed by atoms with Gasteiger partial charge in [0.25, 0.3) is 0 Å². The van der Waals surface area contributed by atoms with Crippen LogP contribution in [-0.2, 0) is 10.8 Å². The van der Waals surface area contributed by atoms with Gasteiger partial charge < -0.3 is 4.57 Å². The van der Waals surface area contributed by atoms with Crippen molar-refractivity contribution >= 4 is 21.8 Å². The summed E-state index contributed by atoms with van der Waals surface area (Å²) >= 11 is 0. The molecule has 0 amide bonds. The topological polar surface area (TPSA) is 43.6 Å². The molecule has 4 nitrogen and oxygen atoms in total. The van der Waals surface area contributed by atoms with E-state index in [1.807, 2.05) is 36.4 Å². The summed E-state index contributed by atoms with van der Waals surface area (Å²) in [6.07, 6.45) is 0. The van der Waals surface area contributed by atoms with Gasteiger partial charge in [-0.1, -0.05) is 151 Å². The molecular formula is C48H42N4. The number of hydrogen-bond donors (Lipinski definition) is 0. The van der Waals surface area contributed by atoms with Crippen LogP contribution in [0.15, 0.2) is 146 Å². The lowest BCUT2D eigenvalue weighted by Crippen LogP contribution is -2.42. The van der Waals surface area contributed by atoms with Gasteiger partial charge in [0, 0.05) is 33.2 Å². The molecular weight excluding hydrogens is 633 g/mol. The van der Waals surface area contributed by atoms with E-state index >= 15 is 0 Å². The minimum Gasteiger partial charge on any atom is -0.309 e. The molecule has 0 bridgehead atoms. The molecule has 9 rings (SSSR count). The zero-order chi connectivity index (χ0) is 35.8. The van der Waals surface area contributed by atoms with E-state index in [0.29, 0.717) is 17.5 Å². The molecule has 0 aliphatic heterocycles. The summed E-state index contributed by atoms with van der Waals surface area (Å²) in [4.78, 5) is 15.3. The molecule has 0 atom stereocenters. The molecule has 0 spiro atoms. The Hall–Kier alpha value is -5.87. The van der Waals surface area contributed by atoms with Crippen LogP contribution in [0.2, 0.25) is 0 Å². The van der Waals surface area contributed by atoms with Crippen molar-refractivity contribution < 1.29 is 0 Å². The monoisotopic (exact) mass is 674 g/mol. The van der Waals surface area contributed by atoms with E-state index in [4.69, 9.17) is 15.0 Å². The van der Waals surface area contributed by atoms with Crippen molar-refractivity contribution in [2.24, 2.45) is 5.41 Å². The zero-order valence-electron chi connectivity index (χ0n) is 30.6. The fourth-order valence-corrected chi connectivity index (χ4v) is 8.39. The van der Waals surface area contributed by atoms with Crippen LogP contribution in [0, 0.1) is 5.41 Å². The third-order valence-electron chi connectivity index (χ3n) is 12.5. The minimum atomic E-state index is -0.0229. The van der Waals surface area contributed by atoms with Crippen molar-refractivity contribution in [1.29, 1.82) is 0 Å². The summed E-state index contributed by atoms with van der Waals surface area (Å²) in [5.74, 6) is 1.94. The average Bonchev–Trinajstić information content (AvgIpc) is 3.55. The van der Waals surface area contributed by atoms with E-state index in [0.717, 1.165) is 33.5 Å². The highest BCUT2D eigenvalue weighted by atomic mass is 15.0. The van der Waals surface area contributed by atoms with Gasteiger partial charge in [-0.3, -0.25) is 0 Å². The normalized spacial score (nSPS) is 15.6. The largest absolute Gasteiger partial charge is 0.309 e. The van der Waals surface area contributed by atoms with Crippen LogP contribution in [0.1, 0.15) is 52.7 Å². The van der Waals surface area contributed by atoms with Gasteiger partial charge in [-0.25, -0.2) is 15.0 Å². The quantitative estimate of drug-likeness (QED) is 0.182. The number of nitrogens with zero attached hydrogens (tertiary/aromatic N) is 4. The Morgan fingerprint density at radius 2 is 0.846 bits per heavy atom. The molecule has 6 aromatic carbocycles. The number of rotatable bonds is 5. The predicted octanol–water partition coefficient (Wildman–Crippen LogP) is 12.2. The van der Waals surface area contributed by atoms with Crippen LogP contribution in [-0.4, -0.2) is 19.5 Å². The Kier molecular flexibility index (Phi) is 7.14. The summed E-state index contributed by atoms with van der Waals surface area (Å²) in [5, 5.41) is 2.53. The summed E-state index contributed by atoms with van der Waals surface area (Å²) in [5.41, 5.74) is 11.5. The minimum absolute atomic E-state index is 0.00915. The van der Waals surface area contributed by atoms with Gasteiger partial charge >= 0.3 is 0 Å². The number of fused-ring (bicyclic) bond motifs is 4. The predicted molar refractivity (Wildman–Crippen MR) is 216 cm³/mol. The van der Waals surface area contributed by atoms with Crippen LogP contribution in [0.3, 0.4) is 0 Å². The molecule has 52 heavy (non-hydrogen) atoms. The van der Waals surface area contributed by atoms with Crippen molar-refractivity contribution in [3.63, 3.8) is 0 Å². The van der Waals surface area contributed by atoms with Crippen molar-refractivity contribution in [3.05, 3.63) is 157 Å². The molecule has 2 heterocycles. The third kappa shape index (κ3) is 4.77. The molecule has 0 saturated carbocycles. The fourth-order valence-electron chi connectivity index (χ4n) is 8.39. The molecule has 4 heteroatoms. The van der Waals surface area contributed by atoms with E-state index in [2.05, 4.69) is 155 Å². The summed E-state index contributed by atoms with van der Waals surface area (Å²) < 4.78 is 2.45. The van der Waals surface area contributed by atoms with Crippen LogP contribution < -0.4 is 0 Å². The summed E-state index contributed by atoms with van der Waals surface area (Å²) in [7, 11) is 0. The highest BCUT2D eigenvalue weighted by molar-refractivity contribution is 6.10. The smallest absolute Gasteiger partial charge is 0.164 e. The Morgan fingerprint density at radius 1 is 0.385 bits per heavy atom. The van der Waals surface area contributed by atoms with Crippen molar-refractivity contribution in [1.82, 2.24) is 19.5 Å².